The van der Waals surface area contributed by atoms with Crippen molar-refractivity contribution < 1.29 is 4.74 Å². The van der Waals surface area contributed by atoms with Crippen molar-refractivity contribution in [1.82, 2.24) is 15.3 Å². The van der Waals surface area contributed by atoms with Crippen LogP contribution in [-0.2, 0) is 6.54 Å². The van der Waals surface area contributed by atoms with Crippen LogP contribution in [0.3, 0.4) is 0 Å². The summed E-state index contributed by atoms with van der Waals surface area (Å²) in [7, 11) is 1.65. The average Bonchev–Trinajstić information content (AvgIpc) is 2.46. The Balaban J connectivity index is 2.39. The Morgan fingerprint density at radius 3 is 2.38 bits per heavy atom. The molecule has 1 N–H and O–H groups in total. The van der Waals surface area contributed by atoms with Gasteiger partial charge in [-0.25, -0.2) is 9.97 Å². The third-order valence-corrected chi connectivity index (χ3v) is 4.00. The van der Waals surface area contributed by atoms with Crippen LogP contribution in [0.5, 0.6) is 5.75 Å². The van der Waals surface area contributed by atoms with E-state index in [-0.39, 0.29) is 0 Å². The fraction of sp³-hybridized carbons (Fsp3) is 0.375. The lowest BCUT2D eigenvalue weighted by Crippen LogP contribution is -2.15. The molecule has 0 aliphatic rings. The van der Waals surface area contributed by atoms with Crippen LogP contribution in [0.4, 0.5) is 0 Å². The molecule has 0 unspecified atom stereocenters. The molecule has 2 aromatic rings. The molecule has 4 nitrogen and oxygen atoms in total. The number of aryl methyl sites for hydroxylation is 2. The Hall–Kier alpha value is -1.46. The topological polar surface area (TPSA) is 47.0 Å². The molecule has 0 spiro atoms. The lowest BCUT2D eigenvalue weighted by atomic mass is 10.1. The minimum Gasteiger partial charge on any atom is -0.496 e. The first kappa shape index (κ1) is 15.9. The van der Waals surface area contributed by atoms with Gasteiger partial charge in [0.05, 0.1) is 11.6 Å². The third kappa shape index (κ3) is 3.60. The highest BCUT2D eigenvalue weighted by Gasteiger charge is 2.11. The van der Waals surface area contributed by atoms with E-state index in [4.69, 9.17) is 4.74 Å². The number of halogens is 1. The highest BCUT2D eigenvalue weighted by Crippen LogP contribution is 2.29. The van der Waals surface area contributed by atoms with E-state index in [0.29, 0.717) is 0 Å². The van der Waals surface area contributed by atoms with Crippen molar-refractivity contribution >= 4 is 15.9 Å². The molecule has 1 aromatic carbocycles. The second-order valence-electron chi connectivity index (χ2n) is 4.83. The Morgan fingerprint density at radius 1 is 1.19 bits per heavy atom. The molecule has 0 amide bonds. The van der Waals surface area contributed by atoms with Gasteiger partial charge in [-0.2, -0.15) is 0 Å². The van der Waals surface area contributed by atoms with Crippen molar-refractivity contribution in [3.63, 3.8) is 0 Å². The molecule has 1 heterocycles. The molecule has 0 saturated heterocycles. The lowest BCUT2D eigenvalue weighted by molar-refractivity contribution is 0.412. The van der Waals surface area contributed by atoms with Crippen molar-refractivity contribution in [3.05, 3.63) is 39.6 Å². The fourth-order valence-electron chi connectivity index (χ4n) is 2.18. The number of hydrogen-bond acceptors (Lipinski definition) is 4. The third-order valence-electron chi connectivity index (χ3n) is 3.38. The molecule has 0 fully saturated rings. The van der Waals surface area contributed by atoms with Crippen molar-refractivity contribution in [2.75, 3.05) is 13.7 Å². The van der Waals surface area contributed by atoms with E-state index in [0.717, 1.165) is 46.1 Å². The first-order chi connectivity index (χ1) is 10.1. The van der Waals surface area contributed by atoms with E-state index in [9.17, 15) is 0 Å². The summed E-state index contributed by atoms with van der Waals surface area (Å²) in [4.78, 5) is 9.28. The van der Waals surface area contributed by atoms with E-state index in [1.807, 2.05) is 32.0 Å². The second kappa shape index (κ2) is 7.00. The van der Waals surface area contributed by atoms with Crippen LogP contribution in [0.2, 0.25) is 0 Å². The molecule has 2 rings (SSSR count). The predicted molar refractivity (Wildman–Crippen MR) is 88.6 cm³/mol. The predicted octanol–water partition coefficient (Wildman–Crippen LogP) is 3.64. The zero-order valence-corrected chi connectivity index (χ0v) is 14.4. The second-order valence-corrected chi connectivity index (χ2v) is 5.68. The SMILES string of the molecule is CCNCc1c(C)nc(-c2ccc(OC)c(Br)c2)nc1C. The van der Waals surface area contributed by atoms with E-state index in [1.165, 1.54) is 5.56 Å². The number of rotatable bonds is 5. The number of methoxy groups -OCH3 is 1. The minimum atomic E-state index is 0.744. The molecule has 0 bridgehead atoms. The summed E-state index contributed by atoms with van der Waals surface area (Å²) in [6, 6.07) is 5.87. The van der Waals surface area contributed by atoms with Gasteiger partial charge in [-0.1, -0.05) is 6.92 Å². The molecule has 0 radical (unpaired) electrons. The number of hydrogen-bond donors (Lipinski definition) is 1. The maximum absolute atomic E-state index is 5.25. The van der Waals surface area contributed by atoms with Crippen LogP contribution in [0.1, 0.15) is 23.9 Å². The summed E-state index contributed by atoms with van der Waals surface area (Å²) < 4.78 is 6.15. The van der Waals surface area contributed by atoms with Gasteiger partial charge >= 0.3 is 0 Å². The number of ether oxygens (including phenoxy) is 1. The standard InChI is InChI=1S/C16H20BrN3O/c1-5-18-9-13-10(2)19-16(20-11(13)3)12-6-7-15(21-4)14(17)8-12/h6-8,18H,5,9H2,1-4H3. The lowest BCUT2D eigenvalue weighted by Gasteiger charge is -2.12. The summed E-state index contributed by atoms with van der Waals surface area (Å²) in [5.74, 6) is 1.55. The highest BCUT2D eigenvalue weighted by atomic mass is 79.9. The maximum Gasteiger partial charge on any atom is 0.159 e. The van der Waals surface area contributed by atoms with Gasteiger partial charge in [0.1, 0.15) is 5.75 Å². The van der Waals surface area contributed by atoms with Gasteiger partial charge < -0.3 is 10.1 Å². The highest BCUT2D eigenvalue weighted by molar-refractivity contribution is 9.10. The molecule has 5 heteroatoms. The van der Waals surface area contributed by atoms with Gasteiger partial charge in [-0.15, -0.1) is 0 Å². The van der Waals surface area contributed by atoms with Crippen LogP contribution >= 0.6 is 15.9 Å². The number of aromatic nitrogens is 2. The smallest absolute Gasteiger partial charge is 0.159 e. The molecule has 0 aliphatic carbocycles. The largest absolute Gasteiger partial charge is 0.496 e. The van der Waals surface area contributed by atoms with Gasteiger partial charge in [0, 0.05) is 29.1 Å². The van der Waals surface area contributed by atoms with Gasteiger partial charge in [0.15, 0.2) is 5.82 Å². The van der Waals surface area contributed by atoms with Crippen LogP contribution < -0.4 is 10.1 Å². The Labute approximate surface area is 134 Å². The molecule has 21 heavy (non-hydrogen) atoms. The first-order valence-electron chi connectivity index (χ1n) is 6.95. The van der Waals surface area contributed by atoms with Crippen molar-refractivity contribution in [2.45, 2.75) is 27.3 Å². The Bertz CT molecular complexity index is 620. The molecule has 0 atom stereocenters. The molecular weight excluding hydrogens is 330 g/mol. The van der Waals surface area contributed by atoms with Crippen LogP contribution in [0, 0.1) is 13.8 Å². The molecule has 112 valence electrons. The molecule has 0 saturated carbocycles. The zero-order chi connectivity index (χ0) is 15.4. The summed E-state index contributed by atoms with van der Waals surface area (Å²) in [6.07, 6.45) is 0. The van der Waals surface area contributed by atoms with Gasteiger partial charge in [-0.05, 0) is 54.5 Å². The van der Waals surface area contributed by atoms with Crippen LogP contribution in [0.15, 0.2) is 22.7 Å². The monoisotopic (exact) mass is 349 g/mol. The van der Waals surface area contributed by atoms with E-state index in [1.54, 1.807) is 7.11 Å². The van der Waals surface area contributed by atoms with E-state index in [2.05, 4.69) is 38.1 Å². The quantitative estimate of drug-likeness (QED) is 0.894. The average molecular weight is 350 g/mol. The number of nitrogens with one attached hydrogen (secondary N) is 1. The fourth-order valence-corrected chi connectivity index (χ4v) is 2.72. The maximum atomic E-state index is 5.25. The van der Waals surface area contributed by atoms with E-state index >= 15 is 0 Å². The van der Waals surface area contributed by atoms with Gasteiger partial charge in [0.2, 0.25) is 0 Å². The van der Waals surface area contributed by atoms with Crippen molar-refractivity contribution in [1.29, 1.82) is 0 Å². The zero-order valence-electron chi connectivity index (χ0n) is 12.8. The molecule has 0 aliphatic heterocycles. The molecular formula is C16H20BrN3O. The molecule has 1 aromatic heterocycles. The number of nitrogens with zero attached hydrogens (tertiary/aromatic N) is 2. The minimum absolute atomic E-state index is 0.744. The van der Waals surface area contributed by atoms with Crippen molar-refractivity contribution in [2.24, 2.45) is 0 Å². The summed E-state index contributed by atoms with van der Waals surface area (Å²) in [6.45, 7) is 7.90. The first-order valence-corrected chi connectivity index (χ1v) is 7.74. The summed E-state index contributed by atoms with van der Waals surface area (Å²) >= 11 is 3.50. The Morgan fingerprint density at radius 2 is 1.86 bits per heavy atom. The van der Waals surface area contributed by atoms with Gasteiger partial charge in [0.25, 0.3) is 0 Å². The van der Waals surface area contributed by atoms with Gasteiger partial charge in [-0.3, -0.25) is 0 Å². The number of benzene rings is 1. The van der Waals surface area contributed by atoms with Crippen molar-refractivity contribution in [3.8, 4) is 17.1 Å². The summed E-state index contributed by atoms with van der Waals surface area (Å²) in [5.41, 5.74) is 4.19. The van der Waals surface area contributed by atoms with Crippen LogP contribution in [-0.4, -0.2) is 23.6 Å². The Kier molecular flexibility index (Phi) is 5.31. The van der Waals surface area contributed by atoms with E-state index < -0.39 is 0 Å². The summed E-state index contributed by atoms with van der Waals surface area (Å²) in [5, 5.41) is 3.33. The normalized spacial score (nSPS) is 10.7. The van der Waals surface area contributed by atoms with Crippen LogP contribution in [0.25, 0.3) is 11.4 Å².